The SMILES string of the molecule is Cc1cc(-c2ccc3cc(F)ccc3n2)ccc1NC(=O)OC(C)(C)C. The molecule has 0 radical (unpaired) electrons. The van der Waals surface area contributed by atoms with Crippen LogP contribution in [0.4, 0.5) is 14.9 Å². The number of nitrogens with one attached hydrogen (secondary N) is 1. The van der Waals surface area contributed by atoms with E-state index < -0.39 is 11.7 Å². The normalized spacial score (nSPS) is 11.4. The smallest absolute Gasteiger partial charge is 0.412 e. The molecule has 0 atom stereocenters. The number of hydrogen-bond donors (Lipinski definition) is 1. The lowest BCUT2D eigenvalue weighted by molar-refractivity contribution is 0.0636. The third kappa shape index (κ3) is 4.17. The fourth-order valence-corrected chi connectivity index (χ4v) is 2.63. The van der Waals surface area contributed by atoms with Crippen LogP contribution in [0, 0.1) is 12.7 Å². The van der Waals surface area contributed by atoms with Crippen LogP contribution in [0.1, 0.15) is 26.3 Å². The summed E-state index contributed by atoms with van der Waals surface area (Å²) in [5, 5.41) is 3.52. The van der Waals surface area contributed by atoms with E-state index in [1.165, 1.54) is 12.1 Å². The van der Waals surface area contributed by atoms with E-state index in [-0.39, 0.29) is 5.82 Å². The van der Waals surface area contributed by atoms with Crippen LogP contribution in [0.2, 0.25) is 0 Å². The number of nitrogens with zero attached hydrogens (tertiary/aromatic N) is 1. The van der Waals surface area contributed by atoms with Gasteiger partial charge in [-0.2, -0.15) is 0 Å². The van der Waals surface area contributed by atoms with Crippen LogP contribution in [-0.4, -0.2) is 16.7 Å². The maximum absolute atomic E-state index is 13.3. The molecule has 5 heteroatoms. The molecule has 2 aromatic carbocycles. The van der Waals surface area contributed by atoms with Crippen molar-refractivity contribution >= 4 is 22.7 Å². The molecule has 0 aliphatic heterocycles. The fraction of sp³-hybridized carbons (Fsp3) is 0.238. The van der Waals surface area contributed by atoms with Crippen LogP contribution < -0.4 is 5.32 Å². The molecule has 0 bridgehead atoms. The second-order valence-electron chi connectivity index (χ2n) is 7.19. The Morgan fingerprint density at radius 2 is 1.85 bits per heavy atom. The average molecular weight is 352 g/mol. The Morgan fingerprint density at radius 3 is 2.54 bits per heavy atom. The standard InChI is InChI=1S/C21H21FN2O2/c1-13-11-14(5-8-17(13)24-20(25)26-21(2,3)4)18-9-6-15-12-16(22)7-10-19(15)23-18/h5-12H,1-4H3,(H,24,25). The minimum absolute atomic E-state index is 0.277. The molecule has 134 valence electrons. The predicted molar refractivity (Wildman–Crippen MR) is 102 cm³/mol. The van der Waals surface area contributed by atoms with Crippen molar-refractivity contribution in [3.63, 3.8) is 0 Å². The summed E-state index contributed by atoms with van der Waals surface area (Å²) in [7, 11) is 0. The number of benzene rings is 2. The molecule has 3 rings (SSSR count). The molecule has 1 heterocycles. The molecule has 0 saturated carbocycles. The summed E-state index contributed by atoms with van der Waals surface area (Å²) in [6.07, 6.45) is -0.487. The van der Waals surface area contributed by atoms with Gasteiger partial charge in [0.15, 0.2) is 0 Å². The van der Waals surface area contributed by atoms with Crippen molar-refractivity contribution in [2.24, 2.45) is 0 Å². The first-order valence-corrected chi connectivity index (χ1v) is 8.39. The number of anilines is 1. The highest BCUT2D eigenvalue weighted by molar-refractivity contribution is 5.87. The Labute approximate surface area is 152 Å². The van der Waals surface area contributed by atoms with E-state index in [9.17, 15) is 9.18 Å². The zero-order valence-corrected chi connectivity index (χ0v) is 15.3. The molecule has 0 aliphatic rings. The highest BCUT2D eigenvalue weighted by Crippen LogP contribution is 2.26. The Balaban J connectivity index is 1.85. The number of ether oxygens (including phenoxy) is 1. The van der Waals surface area contributed by atoms with Crippen molar-refractivity contribution in [1.29, 1.82) is 0 Å². The molecule has 1 N–H and O–H groups in total. The van der Waals surface area contributed by atoms with Crippen LogP contribution in [0.25, 0.3) is 22.2 Å². The lowest BCUT2D eigenvalue weighted by Gasteiger charge is -2.20. The molecule has 0 saturated heterocycles. The maximum atomic E-state index is 13.3. The second kappa shape index (κ2) is 6.75. The lowest BCUT2D eigenvalue weighted by atomic mass is 10.1. The first kappa shape index (κ1) is 17.9. The van der Waals surface area contributed by atoms with Crippen LogP contribution in [0.15, 0.2) is 48.5 Å². The second-order valence-corrected chi connectivity index (χ2v) is 7.19. The summed E-state index contributed by atoms with van der Waals surface area (Å²) < 4.78 is 18.6. The van der Waals surface area contributed by atoms with Gasteiger partial charge in [0.25, 0.3) is 0 Å². The maximum Gasteiger partial charge on any atom is 0.412 e. The summed E-state index contributed by atoms with van der Waals surface area (Å²) in [6, 6.07) is 13.9. The van der Waals surface area contributed by atoms with E-state index in [1.54, 1.807) is 6.07 Å². The van der Waals surface area contributed by atoms with E-state index in [2.05, 4.69) is 10.3 Å². The summed E-state index contributed by atoms with van der Waals surface area (Å²) >= 11 is 0. The largest absolute Gasteiger partial charge is 0.444 e. The number of carbonyl (C=O) groups excluding carboxylic acids is 1. The molecule has 1 aromatic heterocycles. The van der Waals surface area contributed by atoms with Gasteiger partial charge in [-0.15, -0.1) is 0 Å². The van der Waals surface area contributed by atoms with Crippen molar-refractivity contribution in [2.45, 2.75) is 33.3 Å². The molecular formula is C21H21FN2O2. The number of fused-ring (bicyclic) bond motifs is 1. The monoisotopic (exact) mass is 352 g/mol. The minimum atomic E-state index is -0.549. The van der Waals surface area contributed by atoms with Crippen LogP contribution in [-0.2, 0) is 4.74 Å². The molecule has 0 unspecified atom stereocenters. The van der Waals surface area contributed by atoms with E-state index >= 15 is 0 Å². The number of pyridine rings is 1. The van der Waals surface area contributed by atoms with Gasteiger partial charge < -0.3 is 4.74 Å². The number of halogens is 1. The zero-order valence-electron chi connectivity index (χ0n) is 15.3. The van der Waals surface area contributed by atoms with Crippen molar-refractivity contribution in [3.05, 3.63) is 59.9 Å². The summed E-state index contributed by atoms with van der Waals surface area (Å²) in [5.74, 6) is -0.277. The quantitative estimate of drug-likeness (QED) is 0.644. The molecule has 0 aliphatic carbocycles. The van der Waals surface area contributed by atoms with Crippen molar-refractivity contribution in [2.75, 3.05) is 5.32 Å². The van der Waals surface area contributed by atoms with E-state index in [0.717, 1.165) is 27.7 Å². The van der Waals surface area contributed by atoms with Crippen molar-refractivity contribution in [3.8, 4) is 11.3 Å². The van der Waals surface area contributed by atoms with Gasteiger partial charge in [0.05, 0.1) is 11.2 Å². The number of hydrogen-bond acceptors (Lipinski definition) is 3. The fourth-order valence-electron chi connectivity index (χ4n) is 2.63. The molecule has 0 spiro atoms. The predicted octanol–water partition coefficient (Wildman–Crippen LogP) is 5.70. The molecule has 1 amide bonds. The van der Waals surface area contributed by atoms with Crippen molar-refractivity contribution in [1.82, 2.24) is 4.98 Å². The zero-order chi connectivity index (χ0) is 18.9. The van der Waals surface area contributed by atoms with Gasteiger partial charge in [-0.3, -0.25) is 5.32 Å². The lowest BCUT2D eigenvalue weighted by Crippen LogP contribution is -2.27. The van der Waals surface area contributed by atoms with Gasteiger partial charge in [0, 0.05) is 16.6 Å². The topological polar surface area (TPSA) is 51.2 Å². The summed E-state index contributed by atoms with van der Waals surface area (Å²) in [4.78, 5) is 16.5. The molecular weight excluding hydrogens is 331 g/mol. The first-order chi connectivity index (χ1) is 12.2. The molecule has 4 nitrogen and oxygen atoms in total. The van der Waals surface area contributed by atoms with Gasteiger partial charge >= 0.3 is 6.09 Å². The highest BCUT2D eigenvalue weighted by atomic mass is 19.1. The summed E-state index contributed by atoms with van der Waals surface area (Å²) in [6.45, 7) is 7.37. The first-order valence-electron chi connectivity index (χ1n) is 8.39. The number of rotatable bonds is 2. The Bertz CT molecular complexity index is 977. The number of aromatic nitrogens is 1. The van der Waals surface area contributed by atoms with Gasteiger partial charge in [-0.05, 0) is 69.7 Å². The van der Waals surface area contributed by atoms with Gasteiger partial charge in [-0.1, -0.05) is 12.1 Å². The third-order valence-corrected chi connectivity index (χ3v) is 3.81. The molecule has 26 heavy (non-hydrogen) atoms. The van der Waals surface area contributed by atoms with Crippen LogP contribution >= 0.6 is 0 Å². The molecule has 0 fully saturated rings. The number of amides is 1. The van der Waals surface area contributed by atoms with Crippen LogP contribution in [0.5, 0.6) is 0 Å². The highest BCUT2D eigenvalue weighted by Gasteiger charge is 2.17. The van der Waals surface area contributed by atoms with Crippen LogP contribution in [0.3, 0.4) is 0 Å². The van der Waals surface area contributed by atoms with E-state index in [0.29, 0.717) is 5.69 Å². The van der Waals surface area contributed by atoms with Gasteiger partial charge in [-0.25, -0.2) is 14.2 Å². The van der Waals surface area contributed by atoms with Crippen molar-refractivity contribution < 1.29 is 13.9 Å². The Morgan fingerprint density at radius 1 is 1.08 bits per heavy atom. The Hall–Kier alpha value is -2.95. The van der Waals surface area contributed by atoms with E-state index in [1.807, 2.05) is 58.0 Å². The molecule has 3 aromatic rings. The minimum Gasteiger partial charge on any atom is -0.444 e. The number of aryl methyl sites for hydroxylation is 1. The number of carbonyl (C=O) groups is 1. The van der Waals surface area contributed by atoms with E-state index in [4.69, 9.17) is 4.74 Å². The van der Waals surface area contributed by atoms with Gasteiger partial charge in [0.1, 0.15) is 11.4 Å². The average Bonchev–Trinajstić information content (AvgIpc) is 2.54. The summed E-state index contributed by atoms with van der Waals surface area (Å²) in [5.41, 5.74) is 3.48. The third-order valence-electron chi connectivity index (χ3n) is 3.81. The van der Waals surface area contributed by atoms with Gasteiger partial charge in [0.2, 0.25) is 0 Å². The Kier molecular flexibility index (Phi) is 4.64.